The number of carbonyl (C=O) groups is 1. The van der Waals surface area contributed by atoms with Gasteiger partial charge in [0.15, 0.2) is 0 Å². The maximum atomic E-state index is 11.9. The zero-order valence-corrected chi connectivity index (χ0v) is 10.9. The molecule has 0 amide bonds. The molecule has 1 atom stereocenters. The fourth-order valence-electron chi connectivity index (χ4n) is 1.20. The lowest BCUT2D eigenvalue weighted by Gasteiger charge is -2.13. The Labute approximate surface area is 114 Å². The quantitative estimate of drug-likeness (QED) is 0.699. The maximum absolute atomic E-state index is 11.9. The van der Waals surface area contributed by atoms with Crippen LogP contribution in [0.15, 0.2) is 23.1 Å². The van der Waals surface area contributed by atoms with E-state index in [1.54, 1.807) is 10.8 Å². The third-order valence-corrected chi connectivity index (χ3v) is 4.08. The number of hydrogen-bond acceptors (Lipinski definition) is 5. The van der Waals surface area contributed by atoms with E-state index in [4.69, 9.17) is 27.1 Å². The number of nitriles is 1. The van der Waals surface area contributed by atoms with E-state index < -0.39 is 28.6 Å². The summed E-state index contributed by atoms with van der Waals surface area (Å²) < 4.78 is 25.5. The first-order valence-electron chi connectivity index (χ1n) is 4.87. The number of halogens is 1. The Morgan fingerprint density at radius 1 is 1.53 bits per heavy atom. The number of aliphatic hydroxyl groups is 1. The van der Waals surface area contributed by atoms with Crippen molar-refractivity contribution in [2.75, 3.05) is 6.61 Å². The summed E-state index contributed by atoms with van der Waals surface area (Å²) in [5.74, 6) is -1.52. The van der Waals surface area contributed by atoms with Gasteiger partial charge in [-0.2, -0.15) is 9.98 Å². The second kappa shape index (κ2) is 5.99. The van der Waals surface area contributed by atoms with E-state index in [0.29, 0.717) is 0 Å². The highest BCUT2D eigenvalue weighted by Crippen LogP contribution is 2.22. The van der Waals surface area contributed by atoms with Crippen LogP contribution in [0.25, 0.3) is 0 Å². The number of aliphatic carboxylic acids is 1. The van der Waals surface area contributed by atoms with Crippen molar-refractivity contribution in [2.45, 2.75) is 10.9 Å². The van der Waals surface area contributed by atoms with E-state index in [0.717, 1.165) is 12.1 Å². The van der Waals surface area contributed by atoms with Gasteiger partial charge in [0, 0.05) is 0 Å². The summed E-state index contributed by atoms with van der Waals surface area (Å²) in [7, 11) is -4.20. The number of rotatable bonds is 5. The molecule has 7 nitrogen and oxygen atoms in total. The minimum absolute atomic E-state index is 0.167. The van der Waals surface area contributed by atoms with Gasteiger partial charge in [0.05, 0.1) is 23.3 Å². The average Bonchev–Trinajstić information content (AvgIpc) is 2.35. The topological polar surface area (TPSA) is 127 Å². The lowest BCUT2D eigenvalue weighted by Crippen LogP contribution is -2.43. The molecule has 0 spiro atoms. The molecule has 1 aromatic carbocycles. The molecule has 0 fully saturated rings. The zero-order chi connectivity index (χ0) is 14.6. The molecule has 0 aromatic heterocycles. The van der Waals surface area contributed by atoms with Crippen LogP contribution in [-0.4, -0.2) is 37.2 Å². The molecule has 19 heavy (non-hydrogen) atoms. The molecule has 0 unspecified atom stereocenters. The van der Waals surface area contributed by atoms with Crippen molar-refractivity contribution in [3.63, 3.8) is 0 Å². The number of carboxylic acids is 1. The summed E-state index contributed by atoms with van der Waals surface area (Å²) in [6.45, 7) is -0.900. The molecule has 0 aliphatic carbocycles. The van der Waals surface area contributed by atoms with Gasteiger partial charge in [0.2, 0.25) is 10.0 Å². The zero-order valence-electron chi connectivity index (χ0n) is 9.37. The van der Waals surface area contributed by atoms with Gasteiger partial charge in [-0.15, -0.1) is 0 Å². The van der Waals surface area contributed by atoms with Crippen LogP contribution in [0.2, 0.25) is 5.02 Å². The summed E-state index contributed by atoms with van der Waals surface area (Å²) in [4.78, 5) is 10.3. The van der Waals surface area contributed by atoms with Gasteiger partial charge >= 0.3 is 5.97 Å². The van der Waals surface area contributed by atoms with Gasteiger partial charge in [-0.25, -0.2) is 8.42 Å². The van der Waals surface area contributed by atoms with Crippen LogP contribution >= 0.6 is 11.6 Å². The number of hydrogen-bond donors (Lipinski definition) is 3. The highest BCUT2D eigenvalue weighted by Gasteiger charge is 2.26. The fraction of sp³-hybridized carbons (Fsp3) is 0.200. The van der Waals surface area contributed by atoms with Crippen molar-refractivity contribution in [3.8, 4) is 6.07 Å². The van der Waals surface area contributed by atoms with E-state index in [2.05, 4.69) is 0 Å². The van der Waals surface area contributed by atoms with Crippen LogP contribution in [0.4, 0.5) is 0 Å². The minimum Gasteiger partial charge on any atom is -0.480 e. The van der Waals surface area contributed by atoms with Crippen molar-refractivity contribution in [2.24, 2.45) is 0 Å². The van der Waals surface area contributed by atoms with Gasteiger partial charge in [0.1, 0.15) is 10.9 Å². The first-order chi connectivity index (χ1) is 8.81. The molecular formula is C10H9ClN2O5S. The molecule has 0 aliphatic rings. The molecule has 9 heteroatoms. The largest absolute Gasteiger partial charge is 0.480 e. The number of nitrogens with zero attached hydrogens (tertiary/aromatic N) is 1. The highest BCUT2D eigenvalue weighted by atomic mass is 35.5. The summed E-state index contributed by atoms with van der Waals surface area (Å²) in [5.41, 5.74) is 0.167. The lowest BCUT2D eigenvalue weighted by atomic mass is 10.2. The Kier molecular flexibility index (Phi) is 4.85. The van der Waals surface area contributed by atoms with Crippen LogP contribution < -0.4 is 4.72 Å². The Morgan fingerprint density at radius 2 is 2.16 bits per heavy atom. The van der Waals surface area contributed by atoms with Gasteiger partial charge in [-0.1, -0.05) is 11.6 Å². The molecule has 1 aromatic rings. The molecule has 1 rings (SSSR count). The predicted octanol–water partition coefficient (Wildman–Crippen LogP) is -0.0645. The van der Waals surface area contributed by atoms with Crippen LogP contribution in [0.3, 0.4) is 0 Å². The van der Waals surface area contributed by atoms with Gasteiger partial charge in [0.25, 0.3) is 0 Å². The van der Waals surface area contributed by atoms with E-state index in [1.807, 2.05) is 0 Å². The summed E-state index contributed by atoms with van der Waals surface area (Å²) in [6.07, 6.45) is 0. The number of nitrogens with one attached hydrogen (secondary N) is 1. The predicted molar refractivity (Wildman–Crippen MR) is 65.0 cm³/mol. The highest BCUT2D eigenvalue weighted by molar-refractivity contribution is 7.89. The van der Waals surface area contributed by atoms with Gasteiger partial charge in [-0.3, -0.25) is 4.79 Å². The Bertz CT molecular complexity index is 638. The van der Waals surface area contributed by atoms with E-state index in [9.17, 15) is 13.2 Å². The molecule has 0 saturated carbocycles. The lowest BCUT2D eigenvalue weighted by molar-refractivity contribution is -0.139. The number of aliphatic hydroxyl groups excluding tert-OH is 1. The maximum Gasteiger partial charge on any atom is 0.324 e. The second-order valence-electron chi connectivity index (χ2n) is 3.45. The molecule has 0 saturated heterocycles. The standard InChI is InChI=1S/C10H9ClN2O5S/c11-7-3-6(4-12)1-2-9(7)19(17,18)13-8(5-14)10(15)16/h1-3,8,13-14H,5H2,(H,15,16)/t8-/m1/s1. The van der Waals surface area contributed by atoms with Crippen LogP contribution in [0.1, 0.15) is 5.56 Å². The first-order valence-corrected chi connectivity index (χ1v) is 6.73. The second-order valence-corrected chi connectivity index (χ2v) is 5.54. The summed E-state index contributed by atoms with van der Waals surface area (Å²) in [5, 5.41) is 25.9. The minimum atomic E-state index is -4.20. The first kappa shape index (κ1) is 15.4. The van der Waals surface area contributed by atoms with Crippen molar-refractivity contribution in [1.82, 2.24) is 4.72 Å². The third-order valence-electron chi connectivity index (χ3n) is 2.13. The average molecular weight is 305 g/mol. The van der Waals surface area contributed by atoms with Crippen molar-refractivity contribution < 1.29 is 23.4 Å². The molecule has 0 heterocycles. The number of sulfonamides is 1. The summed E-state index contributed by atoms with van der Waals surface area (Å²) >= 11 is 5.72. The van der Waals surface area contributed by atoms with E-state index >= 15 is 0 Å². The number of benzene rings is 1. The smallest absolute Gasteiger partial charge is 0.324 e. The molecule has 102 valence electrons. The van der Waals surface area contributed by atoms with Gasteiger partial charge < -0.3 is 10.2 Å². The van der Waals surface area contributed by atoms with Crippen LogP contribution in [0.5, 0.6) is 0 Å². The van der Waals surface area contributed by atoms with Crippen LogP contribution in [0, 0.1) is 11.3 Å². The molecule has 0 radical (unpaired) electrons. The van der Waals surface area contributed by atoms with Crippen molar-refractivity contribution in [3.05, 3.63) is 28.8 Å². The Balaban J connectivity index is 3.14. The molecular weight excluding hydrogens is 296 g/mol. The van der Waals surface area contributed by atoms with E-state index in [1.165, 1.54) is 6.07 Å². The van der Waals surface area contributed by atoms with Crippen molar-refractivity contribution in [1.29, 1.82) is 5.26 Å². The third kappa shape index (κ3) is 3.65. The molecule has 3 N–H and O–H groups in total. The Hall–Kier alpha value is -1.66. The van der Waals surface area contributed by atoms with Crippen molar-refractivity contribution >= 4 is 27.6 Å². The normalized spacial score (nSPS) is 12.7. The molecule has 0 aliphatic heterocycles. The van der Waals surface area contributed by atoms with Gasteiger partial charge in [-0.05, 0) is 18.2 Å². The van der Waals surface area contributed by atoms with E-state index in [-0.39, 0.29) is 15.5 Å². The fourth-order valence-corrected chi connectivity index (χ4v) is 2.93. The SMILES string of the molecule is N#Cc1ccc(S(=O)(=O)N[C@H](CO)C(=O)O)c(Cl)c1. The number of carboxylic acid groups (broad SMARTS) is 1. The molecule has 0 bridgehead atoms. The van der Waals surface area contributed by atoms with Crippen LogP contribution in [-0.2, 0) is 14.8 Å². The summed E-state index contributed by atoms with van der Waals surface area (Å²) in [6, 6.07) is 3.57. The Morgan fingerprint density at radius 3 is 2.58 bits per heavy atom. The monoisotopic (exact) mass is 304 g/mol.